The first-order valence-corrected chi connectivity index (χ1v) is 11.3. The lowest BCUT2D eigenvalue weighted by Gasteiger charge is -2.30. The number of hydrogen-bond acceptors (Lipinski definition) is 3. The second kappa shape index (κ2) is 8.21. The highest BCUT2D eigenvalue weighted by Crippen LogP contribution is 2.35. The van der Waals surface area contributed by atoms with Crippen molar-refractivity contribution in [2.45, 2.75) is 53.6 Å². The molecule has 4 aromatic rings. The highest BCUT2D eigenvalue weighted by atomic mass is 16.4. The number of aromatic nitrogens is 3. The smallest absolute Gasteiger partial charge is 0.329 e. The lowest BCUT2D eigenvalue weighted by molar-refractivity contribution is -0.138. The number of fused-ring (bicyclic) bond motifs is 2. The minimum absolute atomic E-state index is 0.189. The number of hydrogen-bond donors (Lipinski definition) is 1. The van der Waals surface area contributed by atoms with Crippen molar-refractivity contribution >= 4 is 27.9 Å². The van der Waals surface area contributed by atoms with Crippen LogP contribution >= 0.6 is 0 Å². The predicted octanol–water partition coefficient (Wildman–Crippen LogP) is 4.89. The highest BCUT2D eigenvalue weighted by Gasteiger charge is 2.32. The molecule has 1 atom stereocenters. The van der Waals surface area contributed by atoms with Crippen LogP contribution in [0, 0.1) is 30.6 Å². The van der Waals surface area contributed by atoms with E-state index >= 15 is 0 Å². The second-order valence-corrected chi connectivity index (χ2v) is 10.3. The average molecular weight is 459 g/mol. The Morgan fingerprint density at radius 2 is 1.82 bits per heavy atom. The average Bonchev–Trinajstić information content (AvgIpc) is 3.19. The molecule has 0 spiro atoms. The summed E-state index contributed by atoms with van der Waals surface area (Å²) >= 11 is 0. The summed E-state index contributed by atoms with van der Waals surface area (Å²) < 4.78 is 5.35. The zero-order valence-electron chi connectivity index (χ0n) is 20.5. The summed E-state index contributed by atoms with van der Waals surface area (Å²) in [4.78, 5) is 25.6. The molecule has 0 amide bonds. The SMILES string of the molecule is Cc1cc(C)c2c(Cn3c(=O)n(C(CC(=O)O)C(C)(C)C)c4cc(C#N)ccc43)cn(C)c2c1. The number of nitriles is 1. The van der Waals surface area contributed by atoms with Crippen LogP contribution in [-0.2, 0) is 18.4 Å². The maximum absolute atomic E-state index is 13.9. The Kier molecular flexibility index (Phi) is 5.64. The van der Waals surface area contributed by atoms with Gasteiger partial charge in [-0.1, -0.05) is 26.8 Å². The molecule has 0 radical (unpaired) electrons. The number of carbonyl (C=O) groups is 1. The van der Waals surface area contributed by atoms with Crippen LogP contribution in [0.1, 0.15) is 55.5 Å². The predicted molar refractivity (Wildman–Crippen MR) is 133 cm³/mol. The van der Waals surface area contributed by atoms with Gasteiger partial charge in [0.2, 0.25) is 0 Å². The fourth-order valence-corrected chi connectivity index (χ4v) is 5.05. The molecular formula is C27H30N4O3. The van der Waals surface area contributed by atoms with Crippen molar-refractivity contribution in [2.24, 2.45) is 12.5 Å². The molecule has 34 heavy (non-hydrogen) atoms. The van der Waals surface area contributed by atoms with Gasteiger partial charge in [0, 0.05) is 24.1 Å². The summed E-state index contributed by atoms with van der Waals surface area (Å²) in [5.41, 5.74) is 5.39. The van der Waals surface area contributed by atoms with Gasteiger partial charge in [0.1, 0.15) is 0 Å². The molecule has 0 aliphatic carbocycles. The number of benzene rings is 2. The molecule has 2 aromatic carbocycles. The quantitative estimate of drug-likeness (QED) is 0.461. The highest BCUT2D eigenvalue weighted by molar-refractivity contribution is 5.88. The van der Waals surface area contributed by atoms with Crippen LogP contribution in [0.25, 0.3) is 21.9 Å². The monoisotopic (exact) mass is 458 g/mol. The minimum atomic E-state index is -0.968. The van der Waals surface area contributed by atoms with E-state index in [1.165, 1.54) is 5.56 Å². The van der Waals surface area contributed by atoms with Crippen LogP contribution in [0.15, 0.2) is 41.3 Å². The van der Waals surface area contributed by atoms with Crippen LogP contribution in [0.3, 0.4) is 0 Å². The van der Waals surface area contributed by atoms with Crippen molar-refractivity contribution in [1.82, 2.24) is 13.7 Å². The normalized spacial score (nSPS) is 12.9. The third kappa shape index (κ3) is 3.90. The molecule has 2 aromatic heterocycles. The second-order valence-electron chi connectivity index (χ2n) is 10.3. The lowest BCUT2D eigenvalue weighted by atomic mass is 9.84. The summed E-state index contributed by atoms with van der Waals surface area (Å²) in [6.45, 7) is 10.3. The van der Waals surface area contributed by atoms with Crippen molar-refractivity contribution in [1.29, 1.82) is 5.26 Å². The molecule has 2 heterocycles. The summed E-state index contributed by atoms with van der Waals surface area (Å²) in [5.74, 6) is -0.968. The van der Waals surface area contributed by atoms with Gasteiger partial charge in [0.05, 0.1) is 41.7 Å². The molecule has 0 bridgehead atoms. The minimum Gasteiger partial charge on any atom is -0.481 e. The van der Waals surface area contributed by atoms with Gasteiger partial charge >= 0.3 is 11.7 Å². The van der Waals surface area contributed by atoms with Gasteiger partial charge in [-0.15, -0.1) is 0 Å². The Labute approximate surface area is 198 Å². The molecule has 0 aliphatic rings. The summed E-state index contributed by atoms with van der Waals surface area (Å²) in [7, 11) is 2.00. The molecule has 7 nitrogen and oxygen atoms in total. The van der Waals surface area contributed by atoms with Crippen molar-refractivity contribution in [3.63, 3.8) is 0 Å². The van der Waals surface area contributed by atoms with E-state index in [0.717, 1.165) is 22.0 Å². The lowest BCUT2D eigenvalue weighted by Crippen LogP contribution is -2.35. The van der Waals surface area contributed by atoms with E-state index in [9.17, 15) is 20.0 Å². The zero-order valence-corrected chi connectivity index (χ0v) is 20.5. The first-order valence-electron chi connectivity index (χ1n) is 11.3. The number of rotatable bonds is 5. The van der Waals surface area contributed by atoms with Gasteiger partial charge in [-0.05, 0) is 60.2 Å². The maximum Gasteiger partial charge on any atom is 0.329 e. The van der Waals surface area contributed by atoms with Gasteiger partial charge in [0.15, 0.2) is 0 Å². The standard InChI is InChI=1S/C27H30N4O3/c1-16-9-17(2)25-19(14-29(6)22(25)10-16)15-30-20-8-7-18(13-28)11-21(20)31(26(30)34)23(12-24(32)33)27(3,4)5/h7-11,14,23H,12,15H2,1-6H3,(H,32,33). The van der Waals surface area contributed by atoms with E-state index in [4.69, 9.17) is 0 Å². The Hall–Kier alpha value is -3.79. The Morgan fingerprint density at radius 1 is 1.12 bits per heavy atom. The number of aryl methyl sites for hydroxylation is 3. The first kappa shape index (κ1) is 23.4. The first-order chi connectivity index (χ1) is 15.9. The summed E-state index contributed by atoms with van der Waals surface area (Å²) in [5, 5.41) is 20.2. The van der Waals surface area contributed by atoms with Gasteiger partial charge in [-0.2, -0.15) is 5.26 Å². The van der Waals surface area contributed by atoms with Crippen molar-refractivity contribution in [3.05, 3.63) is 69.3 Å². The molecule has 7 heteroatoms. The Balaban J connectivity index is 2.00. The fourth-order valence-electron chi connectivity index (χ4n) is 5.05. The van der Waals surface area contributed by atoms with Crippen molar-refractivity contribution in [3.8, 4) is 6.07 Å². The van der Waals surface area contributed by atoms with E-state index in [1.807, 2.05) is 27.8 Å². The maximum atomic E-state index is 13.9. The fraction of sp³-hybridized carbons (Fsp3) is 0.370. The molecule has 0 fully saturated rings. The molecule has 1 unspecified atom stereocenters. The third-order valence-corrected chi connectivity index (χ3v) is 6.61. The van der Waals surface area contributed by atoms with Crippen LogP contribution in [0.4, 0.5) is 0 Å². The van der Waals surface area contributed by atoms with Crippen LogP contribution in [0.2, 0.25) is 0 Å². The summed E-state index contributed by atoms with van der Waals surface area (Å²) in [6.07, 6.45) is 1.86. The van der Waals surface area contributed by atoms with E-state index in [1.54, 1.807) is 27.3 Å². The van der Waals surface area contributed by atoms with E-state index in [-0.39, 0.29) is 12.1 Å². The number of nitrogens with zero attached hydrogens (tertiary/aromatic N) is 4. The van der Waals surface area contributed by atoms with Gasteiger partial charge in [-0.3, -0.25) is 13.9 Å². The molecular weight excluding hydrogens is 428 g/mol. The molecule has 4 rings (SSSR count). The molecule has 1 N–H and O–H groups in total. The van der Waals surface area contributed by atoms with Gasteiger partial charge < -0.3 is 9.67 Å². The molecule has 176 valence electrons. The zero-order chi connectivity index (χ0) is 24.9. The Morgan fingerprint density at radius 3 is 2.44 bits per heavy atom. The van der Waals surface area contributed by atoms with E-state index < -0.39 is 17.4 Å². The van der Waals surface area contributed by atoms with E-state index in [0.29, 0.717) is 23.1 Å². The van der Waals surface area contributed by atoms with Gasteiger partial charge in [-0.25, -0.2) is 4.79 Å². The summed E-state index contributed by atoms with van der Waals surface area (Å²) in [6, 6.07) is 11.0. The molecule has 0 aliphatic heterocycles. The van der Waals surface area contributed by atoms with Crippen LogP contribution in [-0.4, -0.2) is 24.8 Å². The number of carboxylic acid groups (broad SMARTS) is 1. The van der Waals surface area contributed by atoms with E-state index in [2.05, 4.69) is 42.8 Å². The van der Waals surface area contributed by atoms with Crippen molar-refractivity contribution < 1.29 is 9.90 Å². The van der Waals surface area contributed by atoms with Crippen LogP contribution in [0.5, 0.6) is 0 Å². The van der Waals surface area contributed by atoms with Crippen LogP contribution < -0.4 is 5.69 Å². The molecule has 0 saturated carbocycles. The van der Waals surface area contributed by atoms with Crippen molar-refractivity contribution in [2.75, 3.05) is 0 Å². The number of aliphatic carboxylic acids is 1. The van der Waals surface area contributed by atoms with Gasteiger partial charge in [0.25, 0.3) is 0 Å². The largest absolute Gasteiger partial charge is 0.481 e. The number of imidazole rings is 1. The third-order valence-electron chi connectivity index (χ3n) is 6.61. The Bertz CT molecular complexity index is 1540. The topological polar surface area (TPSA) is 93.0 Å². The molecule has 0 saturated heterocycles. The number of carboxylic acids is 1.